The van der Waals surface area contributed by atoms with Gasteiger partial charge in [-0.15, -0.1) is 0 Å². The average Bonchev–Trinajstić information content (AvgIpc) is 3.23. The fraction of sp³-hybridized carbons (Fsp3) is 0.0435. The van der Waals surface area contributed by atoms with Crippen molar-refractivity contribution in [2.45, 2.75) is 0 Å². The second-order valence-corrected chi connectivity index (χ2v) is 7.46. The molecule has 0 radical (unpaired) electrons. The molecule has 4 rings (SSSR count). The maximum Gasteiger partial charge on any atom is 0.269 e. The third-order valence-corrected chi connectivity index (χ3v) is 5.55. The van der Waals surface area contributed by atoms with Crippen LogP contribution in [0.25, 0.3) is 21.7 Å². The Morgan fingerprint density at radius 3 is 2.35 bits per heavy atom. The number of non-ortho nitro benzene ring substituents is 1. The summed E-state index contributed by atoms with van der Waals surface area (Å²) in [5.74, 6) is 0.349. The van der Waals surface area contributed by atoms with Gasteiger partial charge in [-0.25, -0.2) is 14.4 Å². The molecule has 1 aromatic heterocycles. The predicted octanol–water partition coefficient (Wildman–Crippen LogP) is 6.28. The van der Waals surface area contributed by atoms with Crippen LogP contribution in [0, 0.1) is 15.9 Å². The van der Waals surface area contributed by atoms with Crippen LogP contribution in [0.5, 0.6) is 5.75 Å². The third-order valence-electron chi connectivity index (χ3n) is 4.54. The van der Waals surface area contributed by atoms with E-state index in [2.05, 4.69) is 9.98 Å². The topological polar surface area (TPSA) is 77.6 Å². The fourth-order valence-electron chi connectivity index (χ4n) is 2.94. The summed E-state index contributed by atoms with van der Waals surface area (Å²) in [7, 11) is 1.59. The van der Waals surface area contributed by atoms with Gasteiger partial charge in [0.1, 0.15) is 11.6 Å². The summed E-state index contributed by atoms with van der Waals surface area (Å²) in [5.41, 5.74) is 2.68. The van der Waals surface area contributed by atoms with Gasteiger partial charge in [-0.05, 0) is 48.0 Å². The van der Waals surface area contributed by atoms with Crippen molar-refractivity contribution in [3.8, 4) is 27.4 Å². The Bertz CT molecular complexity index is 1250. The molecule has 4 aromatic rings. The predicted molar refractivity (Wildman–Crippen MR) is 120 cm³/mol. The largest absolute Gasteiger partial charge is 0.497 e. The minimum absolute atomic E-state index is 0.0112. The Kier molecular flexibility index (Phi) is 5.81. The Hall–Kier alpha value is -3.91. The zero-order valence-electron chi connectivity index (χ0n) is 16.4. The zero-order valence-corrected chi connectivity index (χ0v) is 17.2. The normalized spacial score (nSPS) is 11.0. The van der Waals surface area contributed by atoms with Gasteiger partial charge in [-0.2, -0.15) is 0 Å². The van der Waals surface area contributed by atoms with E-state index in [0.29, 0.717) is 22.1 Å². The zero-order chi connectivity index (χ0) is 21.8. The first-order valence-electron chi connectivity index (χ1n) is 9.24. The van der Waals surface area contributed by atoms with Gasteiger partial charge >= 0.3 is 0 Å². The number of thiazole rings is 1. The van der Waals surface area contributed by atoms with Crippen LogP contribution in [0.4, 0.5) is 15.2 Å². The molecule has 8 heteroatoms. The van der Waals surface area contributed by atoms with Crippen molar-refractivity contribution in [3.05, 3.63) is 94.3 Å². The van der Waals surface area contributed by atoms with E-state index in [-0.39, 0.29) is 11.5 Å². The molecule has 0 aliphatic carbocycles. The molecule has 0 amide bonds. The fourth-order valence-corrected chi connectivity index (χ4v) is 3.88. The van der Waals surface area contributed by atoms with Gasteiger partial charge in [-0.3, -0.25) is 10.1 Å². The number of halogens is 1. The van der Waals surface area contributed by atoms with Crippen LogP contribution >= 0.6 is 11.3 Å². The molecule has 3 aromatic carbocycles. The molecule has 0 saturated heterocycles. The van der Waals surface area contributed by atoms with Gasteiger partial charge in [0.2, 0.25) is 5.13 Å². The van der Waals surface area contributed by atoms with Gasteiger partial charge in [0, 0.05) is 29.5 Å². The number of hydrogen-bond acceptors (Lipinski definition) is 6. The Labute approximate surface area is 181 Å². The number of aliphatic imine (C=N–C) groups is 1. The first kappa shape index (κ1) is 20.4. The van der Waals surface area contributed by atoms with Gasteiger partial charge < -0.3 is 4.74 Å². The number of nitro benzene ring substituents is 1. The molecule has 6 nitrogen and oxygen atoms in total. The highest BCUT2D eigenvalue weighted by Crippen LogP contribution is 2.40. The Morgan fingerprint density at radius 2 is 1.71 bits per heavy atom. The lowest BCUT2D eigenvalue weighted by Gasteiger charge is -2.04. The van der Waals surface area contributed by atoms with Crippen LogP contribution in [0.3, 0.4) is 0 Å². The monoisotopic (exact) mass is 433 g/mol. The molecule has 0 atom stereocenters. The lowest BCUT2D eigenvalue weighted by Crippen LogP contribution is -1.88. The summed E-state index contributed by atoms with van der Waals surface area (Å²) in [6, 6.07) is 20.0. The minimum atomic E-state index is -0.440. The van der Waals surface area contributed by atoms with Crippen LogP contribution in [0.15, 0.2) is 77.8 Å². The van der Waals surface area contributed by atoms with Crippen molar-refractivity contribution in [2.24, 2.45) is 4.99 Å². The maximum absolute atomic E-state index is 13.9. The average molecular weight is 433 g/mol. The van der Waals surface area contributed by atoms with E-state index in [1.54, 1.807) is 37.4 Å². The van der Waals surface area contributed by atoms with Crippen LogP contribution in [0.1, 0.15) is 5.56 Å². The summed E-state index contributed by atoms with van der Waals surface area (Å²) in [6.45, 7) is 0. The van der Waals surface area contributed by atoms with E-state index in [1.807, 2.05) is 24.3 Å². The maximum atomic E-state index is 13.9. The van der Waals surface area contributed by atoms with E-state index in [9.17, 15) is 14.5 Å². The molecule has 0 spiro atoms. The Morgan fingerprint density at radius 1 is 1.03 bits per heavy atom. The van der Waals surface area contributed by atoms with Gasteiger partial charge in [0.05, 0.1) is 22.6 Å². The van der Waals surface area contributed by atoms with Gasteiger partial charge in [0.15, 0.2) is 0 Å². The van der Waals surface area contributed by atoms with E-state index in [0.717, 1.165) is 16.0 Å². The van der Waals surface area contributed by atoms with Crippen LogP contribution in [0.2, 0.25) is 0 Å². The number of methoxy groups -OCH3 is 1. The molecular weight excluding hydrogens is 417 g/mol. The summed E-state index contributed by atoms with van der Waals surface area (Å²) in [4.78, 5) is 20.3. The van der Waals surface area contributed by atoms with Crippen molar-refractivity contribution in [1.29, 1.82) is 0 Å². The quantitative estimate of drug-likeness (QED) is 0.204. The highest BCUT2D eigenvalue weighted by atomic mass is 32.1. The molecule has 0 fully saturated rings. The van der Waals surface area contributed by atoms with E-state index in [4.69, 9.17) is 4.74 Å². The van der Waals surface area contributed by atoms with Crippen molar-refractivity contribution < 1.29 is 14.1 Å². The Balaban J connectivity index is 1.77. The molecule has 0 unspecified atom stereocenters. The van der Waals surface area contributed by atoms with E-state index in [1.165, 1.54) is 35.8 Å². The molecular formula is C23H16FN3O3S. The summed E-state index contributed by atoms with van der Waals surface area (Å²) < 4.78 is 19.1. The molecule has 0 saturated carbocycles. The summed E-state index contributed by atoms with van der Waals surface area (Å²) in [6.07, 6.45) is 1.44. The smallest absolute Gasteiger partial charge is 0.269 e. The van der Waals surface area contributed by atoms with Crippen molar-refractivity contribution in [1.82, 2.24) is 4.98 Å². The van der Waals surface area contributed by atoms with Crippen molar-refractivity contribution >= 4 is 28.4 Å². The molecule has 0 aliphatic heterocycles. The summed E-state index contributed by atoms with van der Waals surface area (Å²) in [5, 5.41) is 11.4. The number of aromatic nitrogens is 1. The number of hydrogen-bond donors (Lipinski definition) is 0. The second-order valence-electron chi connectivity index (χ2n) is 6.49. The number of benzene rings is 3. The van der Waals surface area contributed by atoms with Crippen LogP contribution < -0.4 is 4.74 Å². The molecule has 154 valence electrons. The van der Waals surface area contributed by atoms with Crippen molar-refractivity contribution in [2.75, 3.05) is 7.11 Å². The van der Waals surface area contributed by atoms with E-state index < -0.39 is 4.92 Å². The number of rotatable bonds is 6. The molecule has 1 heterocycles. The number of nitro groups is 1. The minimum Gasteiger partial charge on any atom is -0.497 e. The van der Waals surface area contributed by atoms with Crippen LogP contribution in [-0.4, -0.2) is 23.2 Å². The highest BCUT2D eigenvalue weighted by molar-refractivity contribution is 7.19. The van der Waals surface area contributed by atoms with Gasteiger partial charge in [0.25, 0.3) is 5.69 Å². The van der Waals surface area contributed by atoms with Crippen molar-refractivity contribution in [3.63, 3.8) is 0 Å². The standard InChI is InChI=1S/C23H16FN3O3S/c1-30-19-12-8-15(9-13-19)21-22(16-6-10-18(11-7-16)27(28)29)31-23(26-21)25-14-17-4-2-3-5-20(17)24/h2-14H,1H3. The second kappa shape index (κ2) is 8.85. The number of ether oxygens (including phenoxy) is 1. The molecule has 0 bridgehead atoms. The third kappa shape index (κ3) is 4.49. The van der Waals surface area contributed by atoms with Crippen LogP contribution in [-0.2, 0) is 0 Å². The molecule has 0 N–H and O–H groups in total. The molecule has 31 heavy (non-hydrogen) atoms. The summed E-state index contributed by atoms with van der Waals surface area (Å²) >= 11 is 1.32. The van der Waals surface area contributed by atoms with E-state index >= 15 is 0 Å². The van der Waals surface area contributed by atoms with Gasteiger partial charge in [-0.1, -0.05) is 29.5 Å². The lowest BCUT2D eigenvalue weighted by atomic mass is 10.1. The SMILES string of the molecule is COc1ccc(-c2nc(N=Cc3ccccc3F)sc2-c2ccc([N+](=O)[O-])cc2)cc1. The highest BCUT2D eigenvalue weighted by Gasteiger charge is 2.16. The number of nitrogens with zero attached hydrogens (tertiary/aromatic N) is 3. The lowest BCUT2D eigenvalue weighted by molar-refractivity contribution is -0.384. The first-order valence-corrected chi connectivity index (χ1v) is 10.1. The molecule has 0 aliphatic rings. The first-order chi connectivity index (χ1) is 15.0.